The van der Waals surface area contributed by atoms with E-state index in [0.717, 1.165) is 0 Å². The van der Waals surface area contributed by atoms with Gasteiger partial charge in [-0.05, 0) is 12.1 Å². The molecule has 17 heavy (non-hydrogen) atoms. The van der Waals surface area contributed by atoms with Crippen molar-refractivity contribution < 1.29 is 19.4 Å². The number of nitrogens with one attached hydrogen (secondary N) is 1. The third-order valence-electron chi connectivity index (χ3n) is 2.48. The van der Waals surface area contributed by atoms with Crippen LogP contribution in [0.5, 0.6) is 0 Å². The Kier molecular flexibility index (Phi) is 2.89. The highest BCUT2D eigenvalue weighted by atomic mass is 35.5. The Balaban J connectivity index is 2.50. The fourth-order valence-corrected chi connectivity index (χ4v) is 1.88. The summed E-state index contributed by atoms with van der Waals surface area (Å²) < 4.78 is 4.84. The van der Waals surface area contributed by atoms with Gasteiger partial charge in [-0.25, -0.2) is 9.59 Å². The molecule has 0 bridgehead atoms. The molecule has 0 aliphatic carbocycles. The number of benzene rings is 1. The average molecular weight is 276 g/mol. The Morgan fingerprint density at radius 2 is 2.12 bits per heavy atom. The number of carbonyl (C=O) groups is 2. The quantitative estimate of drug-likeness (QED) is 0.866. The van der Waals surface area contributed by atoms with Crippen molar-refractivity contribution in [1.82, 2.24) is 5.32 Å². The van der Waals surface area contributed by atoms with Gasteiger partial charge in [0.1, 0.15) is 0 Å². The predicted molar refractivity (Wildman–Crippen MR) is 60.3 cm³/mol. The molecular weight excluding hydrogens is 269 g/mol. The highest BCUT2D eigenvalue weighted by Gasteiger charge is 2.49. The van der Waals surface area contributed by atoms with Crippen LogP contribution in [-0.2, 0) is 15.1 Å². The van der Waals surface area contributed by atoms with Gasteiger partial charge in [-0.2, -0.15) is 0 Å². The van der Waals surface area contributed by atoms with Crippen LogP contribution in [0.2, 0.25) is 10.0 Å². The monoisotopic (exact) mass is 275 g/mol. The molecule has 7 heteroatoms. The number of hydrogen-bond donors (Lipinski definition) is 2. The number of amides is 1. The number of cyclic esters (lactones) is 1. The predicted octanol–water partition coefficient (Wildman–Crippen LogP) is 2.01. The smallest absolute Gasteiger partial charge is 0.408 e. The molecule has 0 saturated carbocycles. The van der Waals surface area contributed by atoms with Crippen LogP contribution in [0.4, 0.5) is 4.79 Å². The number of carbonyl (C=O) groups excluding carboxylic acids is 1. The van der Waals surface area contributed by atoms with E-state index < -0.39 is 17.7 Å². The van der Waals surface area contributed by atoms with Crippen molar-refractivity contribution in [3.05, 3.63) is 33.8 Å². The number of aliphatic carboxylic acids is 1. The van der Waals surface area contributed by atoms with Crippen LogP contribution in [0.1, 0.15) is 5.56 Å². The second-order valence-electron chi connectivity index (χ2n) is 3.50. The van der Waals surface area contributed by atoms with Gasteiger partial charge in [-0.3, -0.25) is 0 Å². The van der Waals surface area contributed by atoms with Gasteiger partial charge in [-0.1, -0.05) is 29.3 Å². The third kappa shape index (κ3) is 1.92. The average Bonchev–Trinajstić information content (AvgIpc) is 2.66. The summed E-state index contributed by atoms with van der Waals surface area (Å²) >= 11 is 11.5. The first-order chi connectivity index (χ1) is 7.95. The molecule has 1 fully saturated rings. The van der Waals surface area contributed by atoms with Crippen molar-refractivity contribution in [3.8, 4) is 0 Å². The molecule has 2 rings (SSSR count). The van der Waals surface area contributed by atoms with Gasteiger partial charge in [-0.15, -0.1) is 0 Å². The van der Waals surface area contributed by atoms with Crippen LogP contribution >= 0.6 is 23.2 Å². The summed E-state index contributed by atoms with van der Waals surface area (Å²) in [4.78, 5) is 22.3. The number of alkyl carbamates (subject to hydrolysis) is 1. The third-order valence-corrected chi connectivity index (χ3v) is 3.22. The van der Waals surface area contributed by atoms with Crippen LogP contribution in [0.3, 0.4) is 0 Å². The van der Waals surface area contributed by atoms with E-state index in [1.807, 2.05) is 0 Å². The zero-order valence-corrected chi connectivity index (χ0v) is 9.88. The molecule has 1 saturated heterocycles. The maximum absolute atomic E-state index is 11.3. The minimum absolute atomic E-state index is 0.154. The summed E-state index contributed by atoms with van der Waals surface area (Å²) in [7, 11) is 0. The molecule has 90 valence electrons. The van der Waals surface area contributed by atoms with Crippen molar-refractivity contribution in [2.75, 3.05) is 6.54 Å². The molecular formula is C10H7Cl2NO4. The fourth-order valence-electron chi connectivity index (χ4n) is 1.58. The van der Waals surface area contributed by atoms with Gasteiger partial charge in [0.05, 0.1) is 16.6 Å². The first-order valence-electron chi connectivity index (χ1n) is 4.61. The van der Waals surface area contributed by atoms with E-state index in [0.29, 0.717) is 5.02 Å². The lowest BCUT2D eigenvalue weighted by atomic mass is 9.94. The van der Waals surface area contributed by atoms with Crippen molar-refractivity contribution in [2.45, 2.75) is 5.60 Å². The summed E-state index contributed by atoms with van der Waals surface area (Å²) in [6.07, 6.45) is -0.779. The van der Waals surface area contributed by atoms with Crippen molar-refractivity contribution in [1.29, 1.82) is 0 Å². The molecule has 0 aromatic heterocycles. The molecule has 1 atom stereocenters. The summed E-state index contributed by atoms with van der Waals surface area (Å²) in [5, 5.41) is 12.0. The molecule has 0 spiro atoms. The van der Waals surface area contributed by atoms with E-state index in [9.17, 15) is 14.7 Å². The topological polar surface area (TPSA) is 75.6 Å². The largest absolute Gasteiger partial charge is 0.478 e. The first kappa shape index (κ1) is 12.0. The van der Waals surface area contributed by atoms with Crippen LogP contribution in [0.25, 0.3) is 0 Å². The second-order valence-corrected chi connectivity index (χ2v) is 4.32. The number of carboxylic acid groups (broad SMARTS) is 1. The molecule has 1 aliphatic heterocycles. The number of rotatable bonds is 2. The summed E-state index contributed by atoms with van der Waals surface area (Å²) in [6.45, 7) is -0.154. The molecule has 2 N–H and O–H groups in total. The normalized spacial score (nSPS) is 23.1. The molecule has 5 nitrogen and oxygen atoms in total. The SMILES string of the molecule is O=C1NCC(C(=O)O)(c2ccc(Cl)c(Cl)c2)O1. The van der Waals surface area contributed by atoms with Crippen molar-refractivity contribution in [3.63, 3.8) is 0 Å². The van der Waals surface area contributed by atoms with Gasteiger partial charge in [0.15, 0.2) is 0 Å². The zero-order chi connectivity index (χ0) is 12.6. The fraction of sp³-hybridized carbons (Fsp3) is 0.200. The Labute approximate surface area is 106 Å². The van der Waals surface area contributed by atoms with Gasteiger partial charge >= 0.3 is 12.1 Å². The molecule has 1 amide bonds. The number of halogens is 2. The Morgan fingerprint density at radius 3 is 2.59 bits per heavy atom. The van der Waals surface area contributed by atoms with Gasteiger partial charge in [0, 0.05) is 5.56 Å². The van der Waals surface area contributed by atoms with Crippen molar-refractivity contribution in [2.24, 2.45) is 0 Å². The summed E-state index contributed by atoms with van der Waals surface area (Å²) in [5.74, 6) is -1.27. The molecule has 1 unspecified atom stereocenters. The molecule has 1 aromatic carbocycles. The lowest BCUT2D eigenvalue weighted by Gasteiger charge is -2.21. The van der Waals surface area contributed by atoms with E-state index >= 15 is 0 Å². The van der Waals surface area contributed by atoms with Crippen LogP contribution < -0.4 is 5.32 Å². The van der Waals surface area contributed by atoms with Crippen LogP contribution in [0.15, 0.2) is 18.2 Å². The van der Waals surface area contributed by atoms with Crippen LogP contribution in [-0.4, -0.2) is 23.7 Å². The molecule has 1 heterocycles. The Morgan fingerprint density at radius 1 is 1.41 bits per heavy atom. The van der Waals surface area contributed by atoms with E-state index in [1.165, 1.54) is 18.2 Å². The minimum Gasteiger partial charge on any atom is -0.478 e. The number of carboxylic acids is 1. The second kappa shape index (κ2) is 4.09. The van der Waals surface area contributed by atoms with E-state index in [-0.39, 0.29) is 17.1 Å². The number of ether oxygens (including phenoxy) is 1. The molecule has 1 aromatic rings. The summed E-state index contributed by atoms with van der Waals surface area (Å²) in [5.41, 5.74) is -1.48. The Hall–Kier alpha value is -1.46. The standard InChI is InChI=1S/C10H7Cl2NO4/c11-6-2-1-5(3-7(6)12)10(8(14)15)4-13-9(16)17-10/h1-3H,4H2,(H,13,16)(H,14,15). The molecule has 1 aliphatic rings. The lowest BCUT2D eigenvalue weighted by molar-refractivity contribution is -0.155. The van der Waals surface area contributed by atoms with Gasteiger partial charge in [0.25, 0.3) is 5.60 Å². The zero-order valence-electron chi connectivity index (χ0n) is 8.37. The van der Waals surface area contributed by atoms with Crippen LogP contribution in [0, 0.1) is 0 Å². The lowest BCUT2D eigenvalue weighted by Crippen LogP contribution is -2.39. The molecule has 0 radical (unpaired) electrons. The Bertz CT molecular complexity index is 505. The van der Waals surface area contributed by atoms with Crippen molar-refractivity contribution >= 4 is 35.3 Å². The minimum atomic E-state index is -1.74. The highest BCUT2D eigenvalue weighted by Crippen LogP contribution is 2.33. The summed E-state index contributed by atoms with van der Waals surface area (Å²) in [6, 6.07) is 4.29. The van der Waals surface area contributed by atoms with Gasteiger partial charge in [0.2, 0.25) is 0 Å². The van der Waals surface area contributed by atoms with E-state index in [1.54, 1.807) is 0 Å². The van der Waals surface area contributed by atoms with Gasteiger partial charge < -0.3 is 15.2 Å². The first-order valence-corrected chi connectivity index (χ1v) is 5.37. The maximum atomic E-state index is 11.3. The van der Waals surface area contributed by atoms with E-state index in [4.69, 9.17) is 27.9 Å². The maximum Gasteiger partial charge on any atom is 0.408 e. The number of hydrogen-bond acceptors (Lipinski definition) is 3. The highest BCUT2D eigenvalue weighted by molar-refractivity contribution is 6.42. The van der Waals surface area contributed by atoms with E-state index in [2.05, 4.69) is 5.32 Å².